The van der Waals surface area contributed by atoms with Gasteiger partial charge in [0, 0.05) is 42.5 Å². The van der Waals surface area contributed by atoms with Crippen molar-refractivity contribution in [3.05, 3.63) is 51.8 Å². The first-order valence-corrected chi connectivity index (χ1v) is 10.8. The number of hydrogen-bond donors (Lipinski definition) is 1. The van der Waals surface area contributed by atoms with Gasteiger partial charge in [-0.15, -0.1) is 0 Å². The van der Waals surface area contributed by atoms with Gasteiger partial charge in [-0.1, -0.05) is 31.5 Å². The number of anilines is 1. The molecule has 0 spiro atoms. The lowest BCUT2D eigenvalue weighted by atomic mass is 10.1. The van der Waals surface area contributed by atoms with Crippen molar-refractivity contribution in [2.45, 2.75) is 47.1 Å². The molecule has 0 radical (unpaired) electrons. The van der Waals surface area contributed by atoms with Crippen molar-refractivity contribution in [3.8, 4) is 0 Å². The van der Waals surface area contributed by atoms with Crippen molar-refractivity contribution in [1.29, 1.82) is 0 Å². The summed E-state index contributed by atoms with van der Waals surface area (Å²) in [7, 11) is 0. The maximum atomic E-state index is 12.7. The van der Waals surface area contributed by atoms with Crippen LogP contribution in [0.2, 0.25) is 5.15 Å². The summed E-state index contributed by atoms with van der Waals surface area (Å²) >= 11 is 6.44. The molecule has 2 amide bonds. The molecular weight excluding hydrogens is 400 g/mol. The second-order valence-electron chi connectivity index (χ2n) is 8.17. The van der Waals surface area contributed by atoms with Gasteiger partial charge in [-0.3, -0.25) is 14.3 Å². The summed E-state index contributed by atoms with van der Waals surface area (Å²) in [5.41, 5.74) is 3.55. The largest absolute Gasteiger partial charge is 0.339 e. The van der Waals surface area contributed by atoms with E-state index in [1.54, 1.807) is 22.9 Å². The summed E-state index contributed by atoms with van der Waals surface area (Å²) < 4.78 is 1.76. The number of halogens is 1. The molecule has 1 aliphatic rings. The highest BCUT2D eigenvalue weighted by Crippen LogP contribution is 2.24. The van der Waals surface area contributed by atoms with Crippen molar-refractivity contribution in [2.75, 3.05) is 18.4 Å². The number of carbonyl (C=O) groups excluding carboxylic acids is 2. The van der Waals surface area contributed by atoms with E-state index < -0.39 is 0 Å². The second-order valence-corrected chi connectivity index (χ2v) is 8.52. The SMILES string of the molecule is Cc1nn(CC(C)C)c(Cl)c1/C=C/C(=O)Nc1cccc(C(=O)N2CCCC2)c1C. The van der Waals surface area contributed by atoms with Gasteiger partial charge < -0.3 is 10.2 Å². The molecule has 1 fully saturated rings. The molecule has 3 rings (SSSR count). The average Bonchev–Trinajstić information content (AvgIpc) is 3.30. The van der Waals surface area contributed by atoms with Gasteiger partial charge in [-0.25, -0.2) is 0 Å². The van der Waals surface area contributed by atoms with Gasteiger partial charge in [0.15, 0.2) is 0 Å². The molecule has 1 aromatic heterocycles. The number of nitrogens with one attached hydrogen (secondary N) is 1. The van der Waals surface area contributed by atoms with Crippen molar-refractivity contribution < 1.29 is 9.59 Å². The van der Waals surface area contributed by atoms with Crippen LogP contribution in [0.4, 0.5) is 5.69 Å². The van der Waals surface area contributed by atoms with E-state index in [4.69, 9.17) is 11.6 Å². The Morgan fingerprint density at radius 2 is 1.93 bits per heavy atom. The predicted octanol–water partition coefficient (Wildman–Crippen LogP) is 4.70. The normalized spacial score (nSPS) is 14.1. The van der Waals surface area contributed by atoms with Crippen LogP contribution in [0, 0.1) is 19.8 Å². The number of benzene rings is 1. The van der Waals surface area contributed by atoms with Gasteiger partial charge in [0.1, 0.15) is 5.15 Å². The zero-order chi connectivity index (χ0) is 21.8. The maximum absolute atomic E-state index is 12.7. The summed E-state index contributed by atoms with van der Waals surface area (Å²) in [5, 5.41) is 7.86. The monoisotopic (exact) mass is 428 g/mol. The number of carbonyl (C=O) groups is 2. The number of rotatable bonds is 6. The number of hydrogen-bond acceptors (Lipinski definition) is 3. The molecule has 6 nitrogen and oxygen atoms in total. The molecule has 2 heterocycles. The van der Waals surface area contributed by atoms with E-state index in [0.717, 1.165) is 49.3 Å². The van der Waals surface area contributed by atoms with Gasteiger partial charge >= 0.3 is 0 Å². The summed E-state index contributed by atoms with van der Waals surface area (Å²) in [6.45, 7) is 10.2. The maximum Gasteiger partial charge on any atom is 0.254 e. The van der Waals surface area contributed by atoms with E-state index in [0.29, 0.717) is 22.3 Å². The first-order valence-electron chi connectivity index (χ1n) is 10.4. The Labute approximate surface area is 182 Å². The molecule has 0 aliphatic carbocycles. The lowest BCUT2D eigenvalue weighted by molar-refractivity contribution is -0.111. The molecule has 7 heteroatoms. The predicted molar refractivity (Wildman–Crippen MR) is 121 cm³/mol. The molecule has 0 atom stereocenters. The van der Waals surface area contributed by atoms with Crippen LogP contribution in [0.5, 0.6) is 0 Å². The summed E-state index contributed by atoms with van der Waals surface area (Å²) in [4.78, 5) is 27.1. The highest BCUT2D eigenvalue weighted by molar-refractivity contribution is 6.31. The average molecular weight is 429 g/mol. The fourth-order valence-corrected chi connectivity index (χ4v) is 3.96. The third-order valence-electron chi connectivity index (χ3n) is 5.26. The molecule has 1 aliphatic heterocycles. The summed E-state index contributed by atoms with van der Waals surface area (Å²) in [6.07, 6.45) is 5.22. The number of nitrogens with zero attached hydrogens (tertiary/aromatic N) is 3. The quantitative estimate of drug-likeness (QED) is 0.678. The number of amides is 2. The Hall–Kier alpha value is -2.60. The molecule has 0 unspecified atom stereocenters. The van der Waals surface area contributed by atoms with Crippen LogP contribution in [-0.4, -0.2) is 39.6 Å². The second kappa shape index (κ2) is 9.47. The Morgan fingerprint density at radius 1 is 1.23 bits per heavy atom. The van der Waals surface area contributed by atoms with Crippen molar-refractivity contribution in [1.82, 2.24) is 14.7 Å². The summed E-state index contributed by atoms with van der Waals surface area (Å²) in [5.74, 6) is 0.160. The first kappa shape index (κ1) is 22.1. The molecule has 160 valence electrons. The molecule has 1 saturated heterocycles. The van der Waals surface area contributed by atoms with Gasteiger partial charge in [-0.05, 0) is 56.4 Å². The molecule has 0 saturated carbocycles. The molecule has 2 aromatic rings. The van der Waals surface area contributed by atoms with E-state index in [2.05, 4.69) is 24.3 Å². The van der Waals surface area contributed by atoms with Crippen LogP contribution < -0.4 is 5.32 Å². The molecule has 0 bridgehead atoms. The van der Waals surface area contributed by atoms with Crippen molar-refractivity contribution in [3.63, 3.8) is 0 Å². The third kappa shape index (κ3) is 4.93. The molecule has 30 heavy (non-hydrogen) atoms. The zero-order valence-corrected chi connectivity index (χ0v) is 18.8. The van der Waals surface area contributed by atoms with Crippen molar-refractivity contribution in [2.24, 2.45) is 5.92 Å². The molecule has 1 aromatic carbocycles. The smallest absolute Gasteiger partial charge is 0.254 e. The van der Waals surface area contributed by atoms with Crippen LogP contribution >= 0.6 is 11.6 Å². The highest BCUT2D eigenvalue weighted by atomic mass is 35.5. The van der Waals surface area contributed by atoms with E-state index in [1.807, 2.05) is 24.8 Å². The lowest BCUT2D eigenvalue weighted by Crippen LogP contribution is -2.28. The van der Waals surface area contributed by atoms with Crippen LogP contribution in [0.25, 0.3) is 6.08 Å². The minimum Gasteiger partial charge on any atom is -0.339 e. The Morgan fingerprint density at radius 3 is 2.60 bits per heavy atom. The van der Waals surface area contributed by atoms with Crippen molar-refractivity contribution >= 4 is 35.2 Å². The Bertz CT molecular complexity index is 972. The van der Waals surface area contributed by atoms with Crippen LogP contribution in [0.15, 0.2) is 24.3 Å². The van der Waals surface area contributed by atoms with Crippen LogP contribution in [-0.2, 0) is 11.3 Å². The van der Waals surface area contributed by atoms with Gasteiger partial charge in [-0.2, -0.15) is 5.10 Å². The fraction of sp³-hybridized carbons (Fsp3) is 0.435. The Balaban J connectivity index is 1.73. The van der Waals surface area contributed by atoms with E-state index in [-0.39, 0.29) is 11.8 Å². The molecular formula is C23H29ClN4O2. The highest BCUT2D eigenvalue weighted by Gasteiger charge is 2.22. The van der Waals surface area contributed by atoms with Gasteiger partial charge in [0.05, 0.1) is 5.69 Å². The fourth-order valence-electron chi connectivity index (χ4n) is 3.65. The topological polar surface area (TPSA) is 67.2 Å². The third-order valence-corrected chi connectivity index (χ3v) is 5.66. The number of aromatic nitrogens is 2. The summed E-state index contributed by atoms with van der Waals surface area (Å²) in [6, 6.07) is 5.42. The molecule has 1 N–H and O–H groups in total. The van der Waals surface area contributed by atoms with E-state index in [1.165, 1.54) is 6.08 Å². The van der Waals surface area contributed by atoms with E-state index in [9.17, 15) is 9.59 Å². The van der Waals surface area contributed by atoms with Gasteiger partial charge in [0.2, 0.25) is 5.91 Å². The van der Waals surface area contributed by atoms with E-state index >= 15 is 0 Å². The number of likely N-dealkylation sites (tertiary alicyclic amines) is 1. The first-order chi connectivity index (χ1) is 14.3. The lowest BCUT2D eigenvalue weighted by Gasteiger charge is -2.18. The Kier molecular flexibility index (Phi) is 6.98. The van der Waals surface area contributed by atoms with Crippen LogP contribution in [0.1, 0.15) is 53.9 Å². The minimum absolute atomic E-state index is 0.0246. The standard InChI is InChI=1S/C23H29ClN4O2/c1-15(2)14-28-22(24)19(17(4)26-28)10-11-21(29)25-20-9-7-8-18(16(20)3)23(30)27-12-5-6-13-27/h7-11,15H,5-6,12-14H2,1-4H3,(H,25,29)/b11-10+. The zero-order valence-electron chi connectivity index (χ0n) is 18.0. The van der Waals surface area contributed by atoms with Crippen LogP contribution in [0.3, 0.4) is 0 Å². The van der Waals surface area contributed by atoms with Gasteiger partial charge in [0.25, 0.3) is 5.91 Å². The minimum atomic E-state index is -0.282. The number of aryl methyl sites for hydroxylation is 1.